The van der Waals surface area contributed by atoms with Crippen LogP contribution in [0, 0.1) is 0 Å². The number of likely N-dealkylation sites (N-methyl/N-ethyl adjacent to an activating group) is 1. The van der Waals surface area contributed by atoms with E-state index in [1.54, 1.807) is 0 Å². The zero-order chi connectivity index (χ0) is 8.77. The zero-order valence-corrected chi connectivity index (χ0v) is 7.67. The van der Waals surface area contributed by atoms with Crippen molar-refractivity contribution in [3.05, 3.63) is 0 Å². The van der Waals surface area contributed by atoms with Gasteiger partial charge in [0.05, 0.1) is 5.60 Å². The Kier molecular flexibility index (Phi) is 1.73. The Labute approximate surface area is 72.7 Å². The first-order valence-corrected chi connectivity index (χ1v) is 4.47. The Morgan fingerprint density at radius 2 is 2.42 bits per heavy atom. The average molecular weight is 169 g/mol. The minimum absolute atomic E-state index is 0.120. The highest BCUT2D eigenvalue weighted by Crippen LogP contribution is 2.35. The lowest BCUT2D eigenvalue weighted by Crippen LogP contribution is -2.31. The summed E-state index contributed by atoms with van der Waals surface area (Å²) < 4.78 is 5.56. The van der Waals surface area contributed by atoms with Crippen LogP contribution in [0.2, 0.25) is 0 Å². The second-order valence-corrected chi connectivity index (χ2v) is 4.16. The number of Topliss-reactive ketones (excluding diaryl/α,β-unsaturated/α-hetero) is 1. The maximum Gasteiger partial charge on any atom is 0.161 e. The fraction of sp³-hybridized carbons (Fsp3) is 0.889. The van der Waals surface area contributed by atoms with Crippen LogP contribution < -0.4 is 0 Å². The van der Waals surface area contributed by atoms with Crippen LogP contribution in [-0.4, -0.2) is 42.5 Å². The first-order chi connectivity index (χ1) is 5.61. The summed E-state index contributed by atoms with van der Waals surface area (Å²) in [5, 5.41) is 0. The largest absolute Gasteiger partial charge is 0.365 e. The Balaban J connectivity index is 2.10. The molecule has 3 nitrogen and oxygen atoms in total. The van der Waals surface area contributed by atoms with Gasteiger partial charge in [-0.3, -0.25) is 4.79 Å². The molecule has 2 saturated heterocycles. The third-order valence-corrected chi connectivity index (χ3v) is 3.02. The van der Waals surface area contributed by atoms with Crippen LogP contribution in [0.3, 0.4) is 0 Å². The van der Waals surface area contributed by atoms with E-state index in [1.165, 1.54) is 0 Å². The molecule has 1 spiro atoms. The van der Waals surface area contributed by atoms with Crippen molar-refractivity contribution < 1.29 is 9.53 Å². The molecule has 0 bridgehead atoms. The van der Waals surface area contributed by atoms with E-state index in [0.29, 0.717) is 19.1 Å². The predicted molar refractivity (Wildman–Crippen MR) is 45.0 cm³/mol. The highest BCUT2D eigenvalue weighted by Gasteiger charge is 2.46. The molecule has 2 heterocycles. The fourth-order valence-electron chi connectivity index (χ4n) is 2.30. The second-order valence-electron chi connectivity index (χ2n) is 4.16. The van der Waals surface area contributed by atoms with E-state index in [2.05, 4.69) is 18.9 Å². The summed E-state index contributed by atoms with van der Waals surface area (Å²) >= 11 is 0. The highest BCUT2D eigenvalue weighted by molar-refractivity contribution is 5.82. The fourth-order valence-corrected chi connectivity index (χ4v) is 2.30. The summed E-state index contributed by atoms with van der Waals surface area (Å²) in [5.41, 5.74) is -0.120. The number of nitrogens with zero attached hydrogens (tertiary/aromatic N) is 1. The van der Waals surface area contributed by atoms with Crippen molar-refractivity contribution in [2.75, 3.05) is 20.2 Å². The first-order valence-electron chi connectivity index (χ1n) is 4.47. The molecule has 0 aromatic carbocycles. The molecule has 68 valence electrons. The molecular weight excluding hydrogens is 154 g/mol. The van der Waals surface area contributed by atoms with E-state index in [4.69, 9.17) is 4.74 Å². The molecule has 0 radical (unpaired) electrons. The summed E-state index contributed by atoms with van der Waals surface area (Å²) in [7, 11) is 2.09. The molecule has 2 fully saturated rings. The van der Waals surface area contributed by atoms with Gasteiger partial charge in [-0.15, -0.1) is 0 Å². The van der Waals surface area contributed by atoms with Crippen LogP contribution in [0.25, 0.3) is 0 Å². The van der Waals surface area contributed by atoms with Gasteiger partial charge in [0.2, 0.25) is 0 Å². The molecule has 2 unspecified atom stereocenters. The molecule has 0 saturated carbocycles. The molecule has 0 amide bonds. The number of carbonyl (C=O) groups excluding carboxylic acids is 1. The number of likely N-dealkylation sites (tertiary alicyclic amines) is 1. The Bertz CT molecular complexity index is 205. The molecule has 0 aliphatic carbocycles. The topological polar surface area (TPSA) is 29.5 Å². The van der Waals surface area contributed by atoms with Gasteiger partial charge in [-0.1, -0.05) is 0 Å². The van der Waals surface area contributed by atoms with Crippen molar-refractivity contribution in [1.29, 1.82) is 0 Å². The molecular formula is C9H15NO2. The average Bonchev–Trinajstić information content (AvgIpc) is 2.42. The van der Waals surface area contributed by atoms with Crippen LogP contribution in [0.1, 0.15) is 19.8 Å². The van der Waals surface area contributed by atoms with Crippen molar-refractivity contribution in [3.63, 3.8) is 0 Å². The van der Waals surface area contributed by atoms with Crippen molar-refractivity contribution in [2.45, 2.75) is 31.4 Å². The van der Waals surface area contributed by atoms with Crippen LogP contribution in [0.5, 0.6) is 0 Å². The Hall–Kier alpha value is -0.410. The lowest BCUT2D eigenvalue weighted by Gasteiger charge is -2.20. The number of ketones is 1. The summed E-state index contributed by atoms with van der Waals surface area (Å²) in [5.74, 6) is 0.262. The lowest BCUT2D eigenvalue weighted by atomic mass is 9.97. The maximum atomic E-state index is 11.1. The molecule has 0 N–H and O–H groups in total. The van der Waals surface area contributed by atoms with Gasteiger partial charge in [-0.05, 0) is 20.4 Å². The van der Waals surface area contributed by atoms with Gasteiger partial charge in [0.25, 0.3) is 0 Å². The van der Waals surface area contributed by atoms with Crippen molar-refractivity contribution in [1.82, 2.24) is 4.90 Å². The van der Waals surface area contributed by atoms with E-state index in [-0.39, 0.29) is 11.4 Å². The number of rotatable bonds is 0. The van der Waals surface area contributed by atoms with E-state index in [0.717, 1.165) is 13.0 Å². The lowest BCUT2D eigenvalue weighted by molar-refractivity contribution is -0.117. The van der Waals surface area contributed by atoms with E-state index >= 15 is 0 Å². The molecule has 2 aliphatic heterocycles. The van der Waals surface area contributed by atoms with Gasteiger partial charge in [0.1, 0.15) is 6.61 Å². The Morgan fingerprint density at radius 1 is 1.67 bits per heavy atom. The maximum absolute atomic E-state index is 11.1. The smallest absolute Gasteiger partial charge is 0.161 e. The monoisotopic (exact) mass is 169 g/mol. The quantitative estimate of drug-likeness (QED) is 0.527. The van der Waals surface area contributed by atoms with Gasteiger partial charge in [0.15, 0.2) is 5.78 Å². The van der Waals surface area contributed by atoms with E-state index in [9.17, 15) is 4.79 Å². The summed E-state index contributed by atoms with van der Waals surface area (Å²) in [6, 6.07) is 0.552. The Morgan fingerprint density at radius 3 is 2.83 bits per heavy atom. The molecule has 2 rings (SSSR count). The minimum Gasteiger partial charge on any atom is -0.365 e. The summed E-state index contributed by atoms with van der Waals surface area (Å²) in [4.78, 5) is 13.3. The van der Waals surface area contributed by atoms with Gasteiger partial charge in [-0.2, -0.15) is 0 Å². The van der Waals surface area contributed by atoms with E-state index < -0.39 is 0 Å². The number of carbonyl (C=O) groups is 1. The standard InChI is InChI=1S/C9H15NO2/c1-7-3-9(6-10(7)2)4-8(11)5-12-9/h7H,3-6H2,1-2H3. The van der Waals surface area contributed by atoms with Crippen LogP contribution in [0.15, 0.2) is 0 Å². The summed E-state index contributed by atoms with van der Waals surface area (Å²) in [6.45, 7) is 3.43. The molecule has 0 aromatic rings. The third kappa shape index (κ3) is 1.17. The molecule has 3 heteroatoms. The zero-order valence-electron chi connectivity index (χ0n) is 7.67. The van der Waals surface area contributed by atoms with Gasteiger partial charge < -0.3 is 9.64 Å². The van der Waals surface area contributed by atoms with Crippen molar-refractivity contribution in [3.8, 4) is 0 Å². The number of hydrogen-bond acceptors (Lipinski definition) is 3. The molecule has 0 aromatic heterocycles. The first kappa shape index (κ1) is 8.20. The minimum atomic E-state index is -0.120. The van der Waals surface area contributed by atoms with Crippen molar-refractivity contribution >= 4 is 5.78 Å². The number of hydrogen-bond donors (Lipinski definition) is 0. The normalized spacial score (nSPS) is 43.2. The molecule has 2 aliphatic rings. The van der Waals surface area contributed by atoms with Gasteiger partial charge >= 0.3 is 0 Å². The summed E-state index contributed by atoms with van der Waals surface area (Å²) in [6.07, 6.45) is 1.64. The van der Waals surface area contributed by atoms with E-state index in [1.807, 2.05) is 0 Å². The second kappa shape index (κ2) is 2.54. The highest BCUT2D eigenvalue weighted by atomic mass is 16.5. The van der Waals surface area contributed by atoms with Gasteiger partial charge in [0, 0.05) is 19.0 Å². The third-order valence-electron chi connectivity index (χ3n) is 3.02. The van der Waals surface area contributed by atoms with Gasteiger partial charge in [-0.25, -0.2) is 0 Å². The number of ether oxygens (including phenoxy) is 1. The SMILES string of the molecule is CC1CC2(CC(=O)CO2)CN1C. The van der Waals surface area contributed by atoms with Crippen LogP contribution in [-0.2, 0) is 9.53 Å². The molecule has 12 heavy (non-hydrogen) atoms. The van der Waals surface area contributed by atoms with Crippen molar-refractivity contribution in [2.24, 2.45) is 0 Å². The van der Waals surface area contributed by atoms with Crippen LogP contribution >= 0.6 is 0 Å². The molecule has 2 atom stereocenters. The predicted octanol–water partition coefficient (Wildman–Crippen LogP) is 0.439. The van der Waals surface area contributed by atoms with Crippen LogP contribution in [0.4, 0.5) is 0 Å².